The van der Waals surface area contributed by atoms with Crippen LogP contribution in [0.1, 0.15) is 29.0 Å². The smallest absolute Gasteiger partial charge is 0.227 e. The second kappa shape index (κ2) is 6.54. The first-order valence-electron chi connectivity index (χ1n) is 8.89. The molecule has 1 aromatic rings. The average Bonchev–Trinajstić information content (AvgIpc) is 3.26. The van der Waals surface area contributed by atoms with E-state index < -0.39 is 0 Å². The summed E-state index contributed by atoms with van der Waals surface area (Å²) in [6.45, 7) is 7.72. The lowest BCUT2D eigenvalue weighted by molar-refractivity contribution is -0.140. The van der Waals surface area contributed by atoms with Gasteiger partial charge in [0.25, 0.3) is 0 Å². The minimum atomic E-state index is 0.135. The van der Waals surface area contributed by atoms with Crippen molar-refractivity contribution in [2.45, 2.75) is 38.8 Å². The van der Waals surface area contributed by atoms with Crippen molar-refractivity contribution >= 4 is 17.2 Å². The fourth-order valence-corrected chi connectivity index (χ4v) is 5.34. The van der Waals surface area contributed by atoms with Crippen LogP contribution in [-0.4, -0.2) is 54.6 Å². The lowest BCUT2D eigenvalue weighted by atomic mass is 9.82. The lowest BCUT2D eigenvalue weighted by Crippen LogP contribution is -2.52. The van der Waals surface area contributed by atoms with E-state index in [1.807, 2.05) is 11.3 Å². The molecule has 4 nitrogen and oxygen atoms in total. The first-order chi connectivity index (χ1) is 11.2. The van der Waals surface area contributed by atoms with Gasteiger partial charge in [0.1, 0.15) is 0 Å². The van der Waals surface area contributed by atoms with Gasteiger partial charge in [-0.1, -0.05) is 0 Å². The molecule has 126 valence electrons. The quantitative estimate of drug-likeness (QED) is 0.851. The number of hydrogen-bond donors (Lipinski definition) is 0. The van der Waals surface area contributed by atoms with E-state index in [-0.39, 0.29) is 12.0 Å². The van der Waals surface area contributed by atoms with Crippen LogP contribution < -0.4 is 0 Å². The third-order valence-electron chi connectivity index (χ3n) is 5.58. The van der Waals surface area contributed by atoms with Crippen LogP contribution >= 0.6 is 11.3 Å². The molecule has 3 aliphatic rings. The van der Waals surface area contributed by atoms with Gasteiger partial charge in [0.2, 0.25) is 5.91 Å². The highest BCUT2D eigenvalue weighted by atomic mass is 32.1. The van der Waals surface area contributed by atoms with Crippen molar-refractivity contribution in [3.63, 3.8) is 0 Å². The van der Waals surface area contributed by atoms with Gasteiger partial charge in [-0.25, -0.2) is 0 Å². The third-order valence-corrected chi connectivity index (χ3v) is 6.57. The highest BCUT2D eigenvalue weighted by Gasteiger charge is 2.45. The molecule has 0 radical (unpaired) electrons. The number of carbonyl (C=O) groups is 1. The van der Waals surface area contributed by atoms with Gasteiger partial charge in [-0.2, -0.15) is 0 Å². The molecule has 3 atom stereocenters. The molecule has 3 fully saturated rings. The fraction of sp³-hybridized carbons (Fsp3) is 0.722. The molecule has 4 rings (SSSR count). The Morgan fingerprint density at radius 2 is 2.13 bits per heavy atom. The van der Waals surface area contributed by atoms with Gasteiger partial charge in [-0.3, -0.25) is 9.69 Å². The molecule has 0 N–H and O–H groups in total. The Morgan fingerprint density at radius 1 is 1.30 bits per heavy atom. The molecular formula is C18H26N2O2S. The number of piperidine rings is 1. The van der Waals surface area contributed by atoms with Gasteiger partial charge in [0.15, 0.2) is 0 Å². The van der Waals surface area contributed by atoms with Crippen molar-refractivity contribution in [2.75, 3.05) is 32.8 Å². The molecule has 0 unspecified atom stereocenters. The summed E-state index contributed by atoms with van der Waals surface area (Å²) >= 11 is 1.86. The van der Waals surface area contributed by atoms with Crippen molar-refractivity contribution in [1.29, 1.82) is 0 Å². The number of rotatable bonds is 3. The highest BCUT2D eigenvalue weighted by molar-refractivity contribution is 7.11. The molecule has 0 bridgehead atoms. The molecule has 0 aliphatic carbocycles. The monoisotopic (exact) mass is 334 g/mol. The second-order valence-corrected chi connectivity index (χ2v) is 8.58. The molecule has 4 heterocycles. The van der Waals surface area contributed by atoms with Gasteiger partial charge >= 0.3 is 0 Å². The van der Waals surface area contributed by atoms with Crippen LogP contribution in [0.5, 0.6) is 0 Å². The first-order valence-corrected chi connectivity index (χ1v) is 9.70. The summed E-state index contributed by atoms with van der Waals surface area (Å²) in [5.41, 5.74) is 0. The number of fused-ring (bicyclic) bond motifs is 1. The highest BCUT2D eigenvalue weighted by Crippen LogP contribution is 2.36. The number of carbonyl (C=O) groups excluding carboxylic acids is 1. The fourth-order valence-electron chi connectivity index (χ4n) is 4.41. The maximum absolute atomic E-state index is 13.0. The van der Waals surface area contributed by atoms with Crippen LogP contribution in [0.15, 0.2) is 12.1 Å². The molecule has 1 amide bonds. The molecule has 1 aromatic heterocycles. The summed E-state index contributed by atoms with van der Waals surface area (Å²) < 4.78 is 5.96. The van der Waals surface area contributed by atoms with Gasteiger partial charge < -0.3 is 9.64 Å². The molecule has 3 aliphatic heterocycles. The van der Waals surface area contributed by atoms with Crippen LogP contribution in [0.25, 0.3) is 0 Å². The van der Waals surface area contributed by atoms with Crippen molar-refractivity contribution in [3.05, 3.63) is 21.9 Å². The van der Waals surface area contributed by atoms with E-state index in [0.717, 1.165) is 45.8 Å². The Hall–Kier alpha value is -0.910. The van der Waals surface area contributed by atoms with Gasteiger partial charge in [-0.15, -0.1) is 11.3 Å². The van der Waals surface area contributed by atoms with Crippen molar-refractivity contribution in [2.24, 2.45) is 11.8 Å². The average molecular weight is 334 g/mol. The molecular weight excluding hydrogens is 308 g/mol. The maximum atomic E-state index is 13.0. The molecule has 23 heavy (non-hydrogen) atoms. The van der Waals surface area contributed by atoms with Gasteiger partial charge in [-0.05, 0) is 38.3 Å². The normalized spacial score (nSPS) is 31.5. The van der Waals surface area contributed by atoms with Crippen LogP contribution in [0, 0.1) is 18.8 Å². The SMILES string of the molecule is Cc1ccc(CN2C[C@H]3OCC[C@H]3[C@H](C(=O)N3CCCC3)C2)s1. The van der Waals surface area contributed by atoms with E-state index in [1.165, 1.54) is 22.6 Å². The zero-order valence-electron chi connectivity index (χ0n) is 13.9. The number of hydrogen-bond acceptors (Lipinski definition) is 4. The molecule has 0 spiro atoms. The Bertz CT molecular complexity index is 567. The first kappa shape index (κ1) is 15.6. The van der Waals surface area contributed by atoms with E-state index in [1.54, 1.807) is 0 Å². The van der Waals surface area contributed by atoms with Crippen molar-refractivity contribution in [1.82, 2.24) is 9.80 Å². The lowest BCUT2D eigenvalue weighted by Gasteiger charge is -2.40. The summed E-state index contributed by atoms with van der Waals surface area (Å²) in [5, 5.41) is 0. The van der Waals surface area contributed by atoms with E-state index in [0.29, 0.717) is 11.8 Å². The molecule has 3 saturated heterocycles. The van der Waals surface area contributed by atoms with Gasteiger partial charge in [0.05, 0.1) is 12.0 Å². The van der Waals surface area contributed by atoms with Crippen molar-refractivity contribution < 1.29 is 9.53 Å². The summed E-state index contributed by atoms with van der Waals surface area (Å²) in [7, 11) is 0. The minimum Gasteiger partial charge on any atom is -0.377 e. The number of amides is 1. The standard InChI is InChI=1S/C18H26N2O2S/c1-13-4-5-14(23-13)10-19-11-16(15-6-9-22-17(15)12-19)18(21)20-7-2-3-8-20/h4-5,15-17H,2-3,6-12H2,1H3/t15-,16+,17+/m0/s1. The van der Waals surface area contributed by atoms with E-state index in [9.17, 15) is 4.79 Å². The zero-order valence-corrected chi connectivity index (χ0v) is 14.7. The zero-order chi connectivity index (χ0) is 15.8. The van der Waals surface area contributed by atoms with Crippen LogP contribution in [0.4, 0.5) is 0 Å². The number of thiophene rings is 1. The summed E-state index contributed by atoms with van der Waals surface area (Å²) in [5.74, 6) is 0.954. The summed E-state index contributed by atoms with van der Waals surface area (Å²) in [6.07, 6.45) is 3.64. The maximum Gasteiger partial charge on any atom is 0.227 e. The minimum absolute atomic E-state index is 0.135. The predicted octanol–water partition coefficient (Wildman–Crippen LogP) is 2.52. The number of ether oxygens (including phenoxy) is 1. The van der Waals surface area contributed by atoms with E-state index in [2.05, 4.69) is 28.9 Å². The largest absolute Gasteiger partial charge is 0.377 e. The predicted molar refractivity (Wildman–Crippen MR) is 91.5 cm³/mol. The second-order valence-electron chi connectivity index (χ2n) is 7.21. The van der Waals surface area contributed by atoms with E-state index >= 15 is 0 Å². The molecule has 5 heteroatoms. The Kier molecular flexibility index (Phi) is 4.43. The topological polar surface area (TPSA) is 32.8 Å². The molecule has 0 aromatic carbocycles. The Balaban J connectivity index is 1.48. The third kappa shape index (κ3) is 3.19. The summed E-state index contributed by atoms with van der Waals surface area (Å²) in [6, 6.07) is 4.41. The van der Waals surface area contributed by atoms with Crippen molar-refractivity contribution in [3.8, 4) is 0 Å². The van der Waals surface area contributed by atoms with Crippen LogP contribution in [0.3, 0.4) is 0 Å². The van der Waals surface area contributed by atoms with E-state index in [4.69, 9.17) is 4.74 Å². The summed E-state index contributed by atoms with van der Waals surface area (Å²) in [4.78, 5) is 20.3. The number of likely N-dealkylation sites (tertiary alicyclic amines) is 2. The van der Waals surface area contributed by atoms with Gasteiger partial charge in [0, 0.05) is 55.0 Å². The Labute approximate surface area is 142 Å². The number of nitrogens with zero attached hydrogens (tertiary/aromatic N) is 2. The van der Waals surface area contributed by atoms with Crippen LogP contribution in [0.2, 0.25) is 0 Å². The molecule has 0 saturated carbocycles. The van der Waals surface area contributed by atoms with Crippen LogP contribution in [-0.2, 0) is 16.1 Å². The number of aryl methyl sites for hydroxylation is 1. The Morgan fingerprint density at radius 3 is 2.87 bits per heavy atom.